The Labute approximate surface area is 182 Å². The number of anilines is 1. The lowest BCUT2D eigenvalue weighted by Gasteiger charge is -2.16. The minimum atomic E-state index is -0.304. The number of fused-ring (bicyclic) bond motifs is 1. The zero-order chi connectivity index (χ0) is 21.8. The van der Waals surface area contributed by atoms with Crippen molar-refractivity contribution in [3.8, 4) is 0 Å². The van der Waals surface area contributed by atoms with E-state index in [4.69, 9.17) is 4.74 Å². The number of hydrogen-bond donors (Lipinski definition) is 1. The van der Waals surface area contributed by atoms with E-state index >= 15 is 0 Å². The van der Waals surface area contributed by atoms with Crippen LogP contribution in [0.2, 0.25) is 0 Å². The van der Waals surface area contributed by atoms with Gasteiger partial charge in [0.15, 0.2) is 0 Å². The van der Waals surface area contributed by atoms with Crippen LogP contribution in [-0.4, -0.2) is 36.0 Å². The number of hydrogen-bond acceptors (Lipinski definition) is 4. The zero-order valence-electron chi connectivity index (χ0n) is 17.8. The van der Waals surface area contributed by atoms with Crippen LogP contribution in [0.1, 0.15) is 25.8 Å². The number of amides is 2. The standard InChI is InChI=1S/C26H26N2O3/c1-18(2)31-17-9-16-28-25(29)23(20-11-4-3-5-12-20)24(26(28)30)27-22-15-8-13-19-10-6-7-14-21(19)22/h3-8,10-15,18,27H,9,16-17H2,1-2H3. The molecule has 1 N–H and O–H groups in total. The normalized spacial score (nSPS) is 14.2. The highest BCUT2D eigenvalue weighted by Gasteiger charge is 2.38. The van der Waals surface area contributed by atoms with Crippen molar-refractivity contribution in [3.05, 3.63) is 84.1 Å². The molecule has 2 amide bonds. The first-order valence-corrected chi connectivity index (χ1v) is 10.6. The number of carbonyl (C=O) groups excluding carboxylic acids is 2. The van der Waals surface area contributed by atoms with Crippen molar-refractivity contribution in [2.75, 3.05) is 18.5 Å². The second-order valence-electron chi connectivity index (χ2n) is 7.80. The lowest BCUT2D eigenvalue weighted by molar-refractivity contribution is -0.137. The molecule has 4 rings (SSSR count). The number of imide groups is 1. The number of nitrogens with one attached hydrogen (secondary N) is 1. The fraction of sp³-hybridized carbons (Fsp3) is 0.231. The van der Waals surface area contributed by atoms with Crippen molar-refractivity contribution >= 4 is 33.8 Å². The van der Waals surface area contributed by atoms with Crippen LogP contribution in [0.15, 0.2) is 78.5 Å². The van der Waals surface area contributed by atoms with Crippen LogP contribution >= 0.6 is 0 Å². The first-order chi connectivity index (χ1) is 15.1. The Kier molecular flexibility index (Phi) is 6.14. The van der Waals surface area contributed by atoms with Crippen LogP contribution in [-0.2, 0) is 14.3 Å². The van der Waals surface area contributed by atoms with Gasteiger partial charge in [0.2, 0.25) is 0 Å². The van der Waals surface area contributed by atoms with Gasteiger partial charge in [-0.1, -0.05) is 66.7 Å². The Morgan fingerprint density at radius 1 is 0.871 bits per heavy atom. The van der Waals surface area contributed by atoms with E-state index in [1.807, 2.05) is 86.6 Å². The maximum Gasteiger partial charge on any atom is 0.278 e. The van der Waals surface area contributed by atoms with Gasteiger partial charge in [0.1, 0.15) is 5.70 Å². The SMILES string of the molecule is CC(C)OCCCN1C(=O)C(Nc2cccc3ccccc23)=C(c2ccccc2)C1=O. The molecule has 3 aromatic carbocycles. The molecule has 0 saturated carbocycles. The second-order valence-corrected chi connectivity index (χ2v) is 7.80. The summed E-state index contributed by atoms with van der Waals surface area (Å²) in [5, 5.41) is 5.35. The molecule has 0 bridgehead atoms. The molecule has 1 aliphatic heterocycles. The minimum absolute atomic E-state index is 0.117. The monoisotopic (exact) mass is 414 g/mol. The Morgan fingerprint density at radius 2 is 1.58 bits per heavy atom. The molecule has 1 aliphatic rings. The van der Waals surface area contributed by atoms with Crippen LogP contribution in [0, 0.1) is 0 Å². The smallest absolute Gasteiger partial charge is 0.278 e. The molecule has 0 unspecified atom stereocenters. The third-order valence-electron chi connectivity index (χ3n) is 5.26. The summed E-state index contributed by atoms with van der Waals surface area (Å²) >= 11 is 0. The number of nitrogens with zero attached hydrogens (tertiary/aromatic N) is 1. The maximum atomic E-state index is 13.3. The van der Waals surface area contributed by atoms with E-state index in [9.17, 15) is 9.59 Å². The van der Waals surface area contributed by atoms with E-state index in [1.54, 1.807) is 0 Å². The Balaban J connectivity index is 1.68. The largest absolute Gasteiger partial charge is 0.379 e. The predicted molar refractivity (Wildman–Crippen MR) is 123 cm³/mol. The highest BCUT2D eigenvalue weighted by molar-refractivity contribution is 6.36. The van der Waals surface area contributed by atoms with Crippen LogP contribution < -0.4 is 5.32 Å². The van der Waals surface area contributed by atoms with Gasteiger partial charge in [-0.05, 0) is 37.3 Å². The molecular weight excluding hydrogens is 388 g/mol. The van der Waals surface area contributed by atoms with Crippen molar-refractivity contribution < 1.29 is 14.3 Å². The van der Waals surface area contributed by atoms with Crippen LogP contribution in [0.4, 0.5) is 5.69 Å². The molecule has 0 aliphatic carbocycles. The Morgan fingerprint density at radius 3 is 2.35 bits per heavy atom. The summed E-state index contributed by atoms with van der Waals surface area (Å²) in [5.41, 5.74) is 2.25. The van der Waals surface area contributed by atoms with E-state index in [0.29, 0.717) is 30.8 Å². The summed E-state index contributed by atoms with van der Waals surface area (Å²) in [5.74, 6) is -0.579. The van der Waals surface area contributed by atoms with Crippen molar-refractivity contribution in [3.63, 3.8) is 0 Å². The third-order valence-corrected chi connectivity index (χ3v) is 5.26. The fourth-order valence-electron chi connectivity index (χ4n) is 3.78. The Hall–Kier alpha value is -3.44. The van der Waals surface area contributed by atoms with Gasteiger partial charge in [0.05, 0.1) is 11.7 Å². The fourth-order valence-corrected chi connectivity index (χ4v) is 3.78. The summed E-state index contributed by atoms with van der Waals surface area (Å²) in [4.78, 5) is 27.9. The van der Waals surface area contributed by atoms with Crippen molar-refractivity contribution in [1.82, 2.24) is 4.90 Å². The van der Waals surface area contributed by atoms with Crippen LogP contribution in [0.25, 0.3) is 16.3 Å². The van der Waals surface area contributed by atoms with E-state index in [2.05, 4.69) is 5.32 Å². The van der Waals surface area contributed by atoms with Crippen molar-refractivity contribution in [1.29, 1.82) is 0 Å². The summed E-state index contributed by atoms with van der Waals surface area (Å²) < 4.78 is 5.58. The first kappa shape index (κ1) is 20.8. The highest BCUT2D eigenvalue weighted by atomic mass is 16.5. The molecule has 0 spiro atoms. The molecule has 0 radical (unpaired) electrons. The molecule has 0 atom stereocenters. The van der Waals surface area contributed by atoms with E-state index in [0.717, 1.165) is 22.0 Å². The molecule has 158 valence electrons. The zero-order valence-corrected chi connectivity index (χ0v) is 17.8. The summed E-state index contributed by atoms with van der Waals surface area (Å²) in [6, 6.07) is 23.2. The number of ether oxygens (including phenoxy) is 1. The van der Waals surface area contributed by atoms with Gasteiger partial charge in [-0.15, -0.1) is 0 Å². The summed E-state index contributed by atoms with van der Waals surface area (Å²) in [6.45, 7) is 4.75. The minimum Gasteiger partial charge on any atom is -0.379 e. The molecule has 0 fully saturated rings. The van der Waals surface area contributed by atoms with Gasteiger partial charge < -0.3 is 10.1 Å². The first-order valence-electron chi connectivity index (χ1n) is 10.6. The van der Waals surface area contributed by atoms with Crippen molar-refractivity contribution in [2.45, 2.75) is 26.4 Å². The maximum absolute atomic E-state index is 13.3. The molecule has 5 nitrogen and oxygen atoms in total. The van der Waals surface area contributed by atoms with Crippen molar-refractivity contribution in [2.24, 2.45) is 0 Å². The third kappa shape index (κ3) is 4.37. The lowest BCUT2D eigenvalue weighted by atomic mass is 10.0. The van der Waals surface area contributed by atoms with Gasteiger partial charge in [-0.25, -0.2) is 0 Å². The summed E-state index contributed by atoms with van der Waals surface area (Å²) in [6.07, 6.45) is 0.714. The summed E-state index contributed by atoms with van der Waals surface area (Å²) in [7, 11) is 0. The van der Waals surface area contributed by atoms with Gasteiger partial charge in [-0.3, -0.25) is 14.5 Å². The van der Waals surface area contributed by atoms with Crippen LogP contribution in [0.3, 0.4) is 0 Å². The molecule has 1 heterocycles. The van der Waals surface area contributed by atoms with E-state index in [-0.39, 0.29) is 17.9 Å². The molecule has 0 aromatic heterocycles. The predicted octanol–water partition coefficient (Wildman–Crippen LogP) is 4.85. The number of benzene rings is 3. The van der Waals surface area contributed by atoms with Gasteiger partial charge in [-0.2, -0.15) is 0 Å². The molecule has 31 heavy (non-hydrogen) atoms. The van der Waals surface area contributed by atoms with Gasteiger partial charge in [0.25, 0.3) is 11.8 Å². The average Bonchev–Trinajstić information content (AvgIpc) is 3.01. The lowest BCUT2D eigenvalue weighted by Crippen LogP contribution is -2.34. The molecule has 5 heteroatoms. The highest BCUT2D eigenvalue weighted by Crippen LogP contribution is 2.32. The number of carbonyl (C=O) groups is 2. The average molecular weight is 415 g/mol. The van der Waals surface area contributed by atoms with Gasteiger partial charge in [0, 0.05) is 24.2 Å². The van der Waals surface area contributed by atoms with E-state index < -0.39 is 0 Å². The topological polar surface area (TPSA) is 58.6 Å². The number of rotatable bonds is 8. The molecule has 0 saturated heterocycles. The van der Waals surface area contributed by atoms with Gasteiger partial charge >= 0.3 is 0 Å². The quantitative estimate of drug-likeness (QED) is 0.423. The molecule has 3 aromatic rings. The second kappa shape index (κ2) is 9.14. The Bertz CT molecular complexity index is 1130. The molecular formula is C26H26N2O3. The van der Waals surface area contributed by atoms with E-state index in [1.165, 1.54) is 4.90 Å². The van der Waals surface area contributed by atoms with Crippen LogP contribution in [0.5, 0.6) is 0 Å².